The standard InChI is InChI=1S/C25H37N3O3/c1-3-5-8-22-21-9-6-7-10-23(21)28(24(22)29)20-13-15-26(16-14-20)19-11-17-27(18-12-19)25(30)31-4-2/h6-7,9-10,19-20,22H,3-5,8,11-18H2,1-2H3. The van der Waals surface area contributed by atoms with E-state index in [4.69, 9.17) is 4.74 Å². The van der Waals surface area contributed by atoms with E-state index in [-0.39, 0.29) is 12.0 Å². The number of fused-ring (bicyclic) bond motifs is 1. The SMILES string of the molecule is CCCCC1C(=O)N(C2CCN(C3CCN(C(=O)OCC)CC3)CC2)c2ccccc21. The summed E-state index contributed by atoms with van der Waals surface area (Å²) in [6.07, 6.45) is 7.07. The molecule has 3 heterocycles. The lowest BCUT2D eigenvalue weighted by atomic mass is 9.95. The first kappa shape index (κ1) is 22.1. The molecule has 170 valence electrons. The fourth-order valence-corrected chi connectivity index (χ4v) is 5.62. The zero-order valence-electron chi connectivity index (χ0n) is 19.1. The van der Waals surface area contributed by atoms with Crippen molar-refractivity contribution in [1.29, 1.82) is 0 Å². The highest BCUT2D eigenvalue weighted by Crippen LogP contribution is 2.42. The Morgan fingerprint density at radius 3 is 2.35 bits per heavy atom. The fourth-order valence-electron chi connectivity index (χ4n) is 5.62. The minimum Gasteiger partial charge on any atom is -0.450 e. The van der Waals surface area contributed by atoms with Gasteiger partial charge in [-0.25, -0.2) is 4.79 Å². The number of anilines is 1. The molecule has 31 heavy (non-hydrogen) atoms. The summed E-state index contributed by atoms with van der Waals surface area (Å²) in [5, 5.41) is 0. The first-order chi connectivity index (χ1) is 15.1. The predicted molar refractivity (Wildman–Crippen MR) is 122 cm³/mol. The quantitative estimate of drug-likeness (QED) is 0.676. The van der Waals surface area contributed by atoms with Gasteiger partial charge in [0, 0.05) is 44.0 Å². The molecule has 1 atom stereocenters. The molecule has 3 aliphatic heterocycles. The van der Waals surface area contributed by atoms with Gasteiger partial charge >= 0.3 is 6.09 Å². The van der Waals surface area contributed by atoms with Crippen LogP contribution in [0.2, 0.25) is 0 Å². The van der Waals surface area contributed by atoms with Crippen LogP contribution in [-0.4, -0.2) is 66.7 Å². The number of benzene rings is 1. The monoisotopic (exact) mass is 427 g/mol. The Hall–Kier alpha value is -2.08. The third-order valence-electron chi connectivity index (χ3n) is 7.32. The summed E-state index contributed by atoms with van der Waals surface area (Å²) in [4.78, 5) is 31.9. The first-order valence-corrected chi connectivity index (χ1v) is 12.2. The Kier molecular flexibility index (Phi) is 7.16. The minimum atomic E-state index is -0.177. The molecule has 0 spiro atoms. The van der Waals surface area contributed by atoms with Gasteiger partial charge in [-0.2, -0.15) is 0 Å². The molecule has 2 amide bonds. The second kappa shape index (κ2) is 10.0. The van der Waals surface area contributed by atoms with E-state index in [1.807, 2.05) is 11.8 Å². The number of nitrogens with zero attached hydrogens (tertiary/aromatic N) is 3. The van der Waals surface area contributed by atoms with Gasteiger partial charge in [-0.1, -0.05) is 38.0 Å². The highest BCUT2D eigenvalue weighted by Gasteiger charge is 2.41. The van der Waals surface area contributed by atoms with E-state index in [1.54, 1.807) is 0 Å². The second-order valence-electron chi connectivity index (χ2n) is 9.15. The molecular weight excluding hydrogens is 390 g/mol. The Bertz CT molecular complexity index is 767. The number of piperidine rings is 2. The molecule has 0 aliphatic carbocycles. The molecule has 4 rings (SSSR count). The van der Waals surface area contributed by atoms with Crippen LogP contribution in [0.3, 0.4) is 0 Å². The van der Waals surface area contributed by atoms with Crippen LogP contribution in [0.4, 0.5) is 10.5 Å². The zero-order valence-corrected chi connectivity index (χ0v) is 19.1. The van der Waals surface area contributed by atoms with E-state index in [0.29, 0.717) is 24.6 Å². The molecule has 1 unspecified atom stereocenters. The number of para-hydroxylation sites is 1. The van der Waals surface area contributed by atoms with Crippen LogP contribution in [0.1, 0.15) is 70.3 Å². The third kappa shape index (κ3) is 4.59. The summed E-state index contributed by atoms with van der Waals surface area (Å²) in [5.74, 6) is 0.359. The number of ether oxygens (including phenoxy) is 1. The van der Waals surface area contributed by atoms with Gasteiger partial charge in [-0.05, 0) is 50.7 Å². The molecule has 6 heteroatoms. The number of hydrogen-bond donors (Lipinski definition) is 0. The second-order valence-corrected chi connectivity index (χ2v) is 9.15. The molecule has 1 aromatic carbocycles. The topological polar surface area (TPSA) is 53.1 Å². The number of carbonyl (C=O) groups excluding carboxylic acids is 2. The number of unbranched alkanes of at least 4 members (excludes halogenated alkanes) is 1. The molecule has 6 nitrogen and oxygen atoms in total. The molecule has 0 bridgehead atoms. The van der Waals surface area contributed by atoms with Crippen LogP contribution < -0.4 is 4.90 Å². The average Bonchev–Trinajstić information content (AvgIpc) is 3.09. The summed E-state index contributed by atoms with van der Waals surface area (Å²) < 4.78 is 5.14. The molecular formula is C25H37N3O3. The van der Waals surface area contributed by atoms with E-state index < -0.39 is 0 Å². The van der Waals surface area contributed by atoms with E-state index in [2.05, 4.69) is 41.0 Å². The first-order valence-electron chi connectivity index (χ1n) is 12.2. The maximum Gasteiger partial charge on any atom is 0.409 e. The Morgan fingerprint density at radius 2 is 1.68 bits per heavy atom. The largest absolute Gasteiger partial charge is 0.450 e. The summed E-state index contributed by atoms with van der Waals surface area (Å²) >= 11 is 0. The maximum atomic E-state index is 13.4. The Labute approximate surface area is 186 Å². The molecule has 2 saturated heterocycles. The molecule has 2 fully saturated rings. The number of rotatable bonds is 6. The number of hydrogen-bond acceptors (Lipinski definition) is 4. The molecule has 0 radical (unpaired) electrons. The van der Waals surface area contributed by atoms with Gasteiger partial charge in [-0.3, -0.25) is 4.79 Å². The number of carbonyl (C=O) groups is 2. The van der Waals surface area contributed by atoms with E-state index in [9.17, 15) is 9.59 Å². The van der Waals surface area contributed by atoms with Gasteiger partial charge < -0.3 is 19.4 Å². The predicted octanol–water partition coefficient (Wildman–Crippen LogP) is 4.39. The van der Waals surface area contributed by atoms with E-state index >= 15 is 0 Å². The summed E-state index contributed by atoms with van der Waals surface area (Å²) in [6.45, 7) is 8.09. The normalized spacial score (nSPS) is 23.3. The summed E-state index contributed by atoms with van der Waals surface area (Å²) in [7, 11) is 0. The molecule has 0 saturated carbocycles. The molecule has 0 aromatic heterocycles. The van der Waals surface area contributed by atoms with Crippen molar-refractivity contribution < 1.29 is 14.3 Å². The summed E-state index contributed by atoms with van der Waals surface area (Å²) in [6, 6.07) is 9.26. The summed E-state index contributed by atoms with van der Waals surface area (Å²) in [5.41, 5.74) is 2.38. The van der Waals surface area contributed by atoms with Crippen molar-refractivity contribution in [1.82, 2.24) is 9.80 Å². The van der Waals surface area contributed by atoms with Crippen LogP contribution in [0.25, 0.3) is 0 Å². The van der Waals surface area contributed by atoms with Gasteiger partial charge in [0.2, 0.25) is 5.91 Å². The number of amides is 2. The van der Waals surface area contributed by atoms with Crippen LogP contribution in [-0.2, 0) is 9.53 Å². The third-order valence-corrected chi connectivity index (χ3v) is 7.32. The lowest BCUT2D eigenvalue weighted by Crippen LogP contribution is -2.52. The van der Waals surface area contributed by atoms with Crippen LogP contribution in [0, 0.1) is 0 Å². The van der Waals surface area contributed by atoms with Crippen LogP contribution in [0.5, 0.6) is 0 Å². The maximum absolute atomic E-state index is 13.4. The van der Waals surface area contributed by atoms with Crippen LogP contribution in [0.15, 0.2) is 24.3 Å². The Morgan fingerprint density at radius 1 is 1.00 bits per heavy atom. The lowest BCUT2D eigenvalue weighted by molar-refractivity contribution is -0.120. The highest BCUT2D eigenvalue weighted by molar-refractivity contribution is 6.05. The van der Waals surface area contributed by atoms with Gasteiger partial charge in [-0.15, -0.1) is 0 Å². The zero-order chi connectivity index (χ0) is 21.8. The minimum absolute atomic E-state index is 0.0429. The Balaban J connectivity index is 1.34. The van der Waals surface area contributed by atoms with Gasteiger partial charge in [0.25, 0.3) is 0 Å². The average molecular weight is 428 g/mol. The lowest BCUT2D eigenvalue weighted by Gasteiger charge is -2.43. The van der Waals surface area contributed by atoms with Crippen molar-refractivity contribution >= 4 is 17.7 Å². The van der Waals surface area contributed by atoms with Crippen molar-refractivity contribution in [3.63, 3.8) is 0 Å². The molecule has 0 N–H and O–H groups in total. The van der Waals surface area contributed by atoms with E-state index in [1.165, 1.54) is 5.56 Å². The number of likely N-dealkylation sites (tertiary alicyclic amines) is 2. The van der Waals surface area contributed by atoms with Crippen molar-refractivity contribution in [3.8, 4) is 0 Å². The molecule has 3 aliphatic rings. The van der Waals surface area contributed by atoms with Crippen molar-refractivity contribution in [2.45, 2.75) is 76.8 Å². The molecule has 1 aromatic rings. The van der Waals surface area contributed by atoms with Gasteiger partial charge in [0.1, 0.15) is 0 Å². The van der Waals surface area contributed by atoms with Crippen LogP contribution >= 0.6 is 0 Å². The van der Waals surface area contributed by atoms with Crippen molar-refractivity contribution in [2.24, 2.45) is 0 Å². The highest BCUT2D eigenvalue weighted by atomic mass is 16.6. The van der Waals surface area contributed by atoms with Crippen molar-refractivity contribution in [2.75, 3.05) is 37.7 Å². The van der Waals surface area contributed by atoms with Gasteiger partial charge in [0.05, 0.1) is 12.5 Å². The van der Waals surface area contributed by atoms with Crippen molar-refractivity contribution in [3.05, 3.63) is 29.8 Å². The smallest absolute Gasteiger partial charge is 0.409 e. The van der Waals surface area contributed by atoms with Gasteiger partial charge in [0.15, 0.2) is 0 Å². The fraction of sp³-hybridized carbons (Fsp3) is 0.680. The van der Waals surface area contributed by atoms with E-state index in [0.717, 1.165) is 76.8 Å².